The minimum Gasteiger partial charge on any atom is -0.443 e. The first kappa shape index (κ1) is 26.0. The van der Waals surface area contributed by atoms with Gasteiger partial charge in [0, 0.05) is 10.8 Å². The lowest BCUT2D eigenvalue weighted by atomic mass is 9.99. The number of aryl methyl sites for hydroxylation is 1. The molecule has 1 aliphatic rings. The average Bonchev–Trinajstić information content (AvgIpc) is 3.62. The van der Waals surface area contributed by atoms with E-state index in [1.54, 1.807) is 17.7 Å². The fourth-order valence-corrected chi connectivity index (χ4v) is 5.52. The molecule has 4 atom stereocenters. The van der Waals surface area contributed by atoms with E-state index in [0.29, 0.717) is 15.8 Å². The first-order chi connectivity index (χ1) is 17.2. The van der Waals surface area contributed by atoms with Gasteiger partial charge in [0.25, 0.3) is 17.7 Å². The summed E-state index contributed by atoms with van der Waals surface area (Å²) in [4.78, 5) is 52.5. The molecule has 3 amide bonds. The molecule has 10 nitrogen and oxygen atoms in total. The van der Waals surface area contributed by atoms with Gasteiger partial charge in [-0.15, -0.1) is 22.7 Å². The van der Waals surface area contributed by atoms with Gasteiger partial charge in [-0.1, -0.05) is 40.5 Å². The largest absolute Gasteiger partial charge is 0.443 e. The summed E-state index contributed by atoms with van der Waals surface area (Å²) in [6.45, 7) is 9.87. The van der Waals surface area contributed by atoms with E-state index in [4.69, 9.17) is 4.42 Å². The molecular formula is C24H30N6O4S2. The zero-order valence-electron chi connectivity index (χ0n) is 20.9. The third kappa shape index (κ3) is 5.34. The Balaban J connectivity index is 1.76. The van der Waals surface area contributed by atoms with E-state index < -0.39 is 11.9 Å². The minimum absolute atomic E-state index is 0.00694. The summed E-state index contributed by atoms with van der Waals surface area (Å²) in [6.07, 6.45) is 1.56. The molecule has 36 heavy (non-hydrogen) atoms. The predicted molar refractivity (Wildman–Crippen MR) is 136 cm³/mol. The molecule has 6 bridgehead atoms. The Kier molecular flexibility index (Phi) is 7.84. The van der Waals surface area contributed by atoms with Crippen molar-refractivity contribution < 1.29 is 18.8 Å². The predicted octanol–water partition coefficient (Wildman–Crippen LogP) is 4.17. The molecule has 0 saturated heterocycles. The van der Waals surface area contributed by atoms with E-state index in [1.807, 2.05) is 27.7 Å². The lowest BCUT2D eigenvalue weighted by Crippen LogP contribution is -2.34. The highest BCUT2D eigenvalue weighted by Gasteiger charge is 2.31. The standard InChI is InChI=1S/C24H30N6O4S2/c1-6-11(3)17-23-30-19(13(5)34-23)22(33)25-8-16-26-14(9-35-16)20(31)29-18(12(4)7-2)24-27-15(10-36-24)21(32)28-17/h9-12,17-18H,6-8H2,1-5H3,(H,25,33)(H,28,32)(H,29,31)/t11-,12-,17-,18-/m0/s1. The molecule has 4 heterocycles. The summed E-state index contributed by atoms with van der Waals surface area (Å²) in [7, 11) is 0. The monoisotopic (exact) mass is 530 g/mol. The first-order valence-electron chi connectivity index (χ1n) is 12.0. The number of nitrogens with one attached hydrogen (secondary N) is 3. The quantitative estimate of drug-likeness (QED) is 0.460. The molecule has 3 N–H and O–H groups in total. The van der Waals surface area contributed by atoms with Crippen molar-refractivity contribution in [2.75, 3.05) is 0 Å². The topological polar surface area (TPSA) is 139 Å². The number of fused-ring (bicyclic) bond motifs is 6. The molecule has 3 aromatic heterocycles. The Morgan fingerprint density at radius 3 is 2.22 bits per heavy atom. The molecule has 0 aliphatic carbocycles. The van der Waals surface area contributed by atoms with Crippen LogP contribution in [-0.4, -0.2) is 32.7 Å². The van der Waals surface area contributed by atoms with Crippen LogP contribution >= 0.6 is 22.7 Å². The van der Waals surface area contributed by atoms with Crippen LogP contribution in [0.15, 0.2) is 15.2 Å². The number of carbonyl (C=O) groups is 3. The van der Waals surface area contributed by atoms with Crippen LogP contribution < -0.4 is 16.0 Å². The summed E-state index contributed by atoms with van der Waals surface area (Å²) in [5, 5.41) is 13.4. The Morgan fingerprint density at radius 2 is 1.53 bits per heavy atom. The molecule has 192 valence electrons. The van der Waals surface area contributed by atoms with Crippen LogP contribution in [0.3, 0.4) is 0 Å². The molecule has 0 aromatic carbocycles. The number of rotatable bonds is 4. The second kappa shape index (κ2) is 10.9. The molecule has 0 spiro atoms. The van der Waals surface area contributed by atoms with Crippen LogP contribution in [0.4, 0.5) is 0 Å². The van der Waals surface area contributed by atoms with Gasteiger partial charge in [-0.25, -0.2) is 15.0 Å². The minimum atomic E-state index is -0.543. The fourth-order valence-electron chi connectivity index (χ4n) is 3.83. The van der Waals surface area contributed by atoms with Crippen LogP contribution in [-0.2, 0) is 6.54 Å². The van der Waals surface area contributed by atoms with E-state index in [0.717, 1.165) is 12.8 Å². The Morgan fingerprint density at radius 1 is 0.917 bits per heavy atom. The second-order valence-electron chi connectivity index (χ2n) is 9.01. The Hall–Kier alpha value is -3.12. The molecule has 4 rings (SSSR count). The lowest BCUT2D eigenvalue weighted by molar-refractivity contribution is 0.0907. The van der Waals surface area contributed by atoms with Gasteiger partial charge in [0.15, 0.2) is 5.69 Å². The summed E-state index contributed by atoms with van der Waals surface area (Å²) in [5.41, 5.74) is 0.671. The first-order valence-corrected chi connectivity index (χ1v) is 13.7. The smallest absolute Gasteiger partial charge is 0.273 e. The molecule has 0 unspecified atom stereocenters. The molecule has 3 aromatic rings. The number of oxazole rings is 1. The highest BCUT2D eigenvalue weighted by atomic mass is 32.1. The Bertz CT molecular complexity index is 1270. The van der Waals surface area contributed by atoms with Gasteiger partial charge in [-0.3, -0.25) is 14.4 Å². The van der Waals surface area contributed by atoms with Gasteiger partial charge >= 0.3 is 0 Å². The SMILES string of the molecule is CC[C@H](C)[C@@H]1NC(=O)c2csc(n2)[C@H]([C@@H](C)CC)NC(=O)c2csc(n2)CNC(=O)c2nc1oc2C. The molecule has 0 radical (unpaired) electrons. The van der Waals surface area contributed by atoms with Gasteiger partial charge in [0.2, 0.25) is 5.89 Å². The maximum atomic E-state index is 13.2. The summed E-state index contributed by atoms with van der Waals surface area (Å²) >= 11 is 2.62. The van der Waals surface area contributed by atoms with Gasteiger partial charge in [-0.2, -0.15) is 0 Å². The van der Waals surface area contributed by atoms with Crippen LogP contribution in [0.2, 0.25) is 0 Å². The maximum absolute atomic E-state index is 13.2. The second-order valence-corrected chi connectivity index (χ2v) is 10.8. The van der Waals surface area contributed by atoms with Crippen molar-refractivity contribution in [2.24, 2.45) is 11.8 Å². The van der Waals surface area contributed by atoms with Crippen LogP contribution in [0.1, 0.15) is 106 Å². The van der Waals surface area contributed by atoms with Crippen LogP contribution in [0.5, 0.6) is 0 Å². The molecule has 1 aliphatic heterocycles. The van der Waals surface area contributed by atoms with Crippen molar-refractivity contribution in [3.05, 3.63) is 49.5 Å². The lowest BCUT2D eigenvalue weighted by Gasteiger charge is -2.22. The zero-order chi connectivity index (χ0) is 26.0. The van der Waals surface area contributed by atoms with E-state index in [1.165, 1.54) is 22.7 Å². The number of carbonyl (C=O) groups excluding carboxylic acids is 3. The number of nitrogens with zero attached hydrogens (tertiary/aromatic N) is 3. The normalized spacial score (nSPS) is 20.5. The number of hydrogen-bond donors (Lipinski definition) is 3. The molecule has 12 heteroatoms. The summed E-state index contributed by atoms with van der Waals surface area (Å²) in [5.74, 6) is -0.407. The highest BCUT2D eigenvalue weighted by molar-refractivity contribution is 7.10. The van der Waals surface area contributed by atoms with Crippen molar-refractivity contribution in [2.45, 2.75) is 66.1 Å². The summed E-state index contributed by atoms with van der Waals surface area (Å²) in [6, 6.07) is -0.918. The van der Waals surface area contributed by atoms with Crippen molar-refractivity contribution in [1.82, 2.24) is 30.9 Å². The van der Waals surface area contributed by atoms with Gasteiger partial charge in [-0.05, 0) is 18.8 Å². The number of aromatic nitrogens is 3. The van der Waals surface area contributed by atoms with Gasteiger partial charge in [0.05, 0.1) is 12.6 Å². The highest BCUT2D eigenvalue weighted by Crippen LogP contribution is 2.30. The van der Waals surface area contributed by atoms with Crippen molar-refractivity contribution in [1.29, 1.82) is 0 Å². The number of hydrogen-bond acceptors (Lipinski definition) is 9. The Labute approximate surface area is 217 Å². The van der Waals surface area contributed by atoms with E-state index >= 15 is 0 Å². The number of amides is 3. The maximum Gasteiger partial charge on any atom is 0.273 e. The number of thiazole rings is 2. The third-order valence-electron chi connectivity index (χ3n) is 6.50. The molecule has 0 saturated carbocycles. The van der Waals surface area contributed by atoms with E-state index in [-0.39, 0.29) is 59.2 Å². The van der Waals surface area contributed by atoms with Gasteiger partial charge in [0.1, 0.15) is 33.2 Å². The third-order valence-corrected chi connectivity index (χ3v) is 8.28. The van der Waals surface area contributed by atoms with Gasteiger partial charge < -0.3 is 20.4 Å². The fraction of sp³-hybridized carbons (Fsp3) is 0.500. The van der Waals surface area contributed by atoms with E-state index in [9.17, 15) is 14.4 Å². The molecule has 0 fully saturated rings. The van der Waals surface area contributed by atoms with Crippen molar-refractivity contribution >= 4 is 40.4 Å². The van der Waals surface area contributed by atoms with E-state index in [2.05, 4.69) is 30.9 Å². The average molecular weight is 531 g/mol. The van der Waals surface area contributed by atoms with Crippen molar-refractivity contribution in [3.8, 4) is 0 Å². The molecular weight excluding hydrogens is 500 g/mol. The zero-order valence-corrected chi connectivity index (χ0v) is 22.5. The summed E-state index contributed by atoms with van der Waals surface area (Å²) < 4.78 is 5.86. The van der Waals surface area contributed by atoms with Crippen molar-refractivity contribution in [3.63, 3.8) is 0 Å². The van der Waals surface area contributed by atoms with Crippen LogP contribution in [0, 0.1) is 18.8 Å². The van der Waals surface area contributed by atoms with Crippen LogP contribution in [0.25, 0.3) is 0 Å².